The lowest BCUT2D eigenvalue weighted by Crippen LogP contribution is -2.64. The highest BCUT2D eigenvalue weighted by Crippen LogP contribution is 2.43. The number of methoxy groups -OCH3 is 1. The van der Waals surface area contributed by atoms with Crippen LogP contribution in [0, 0.1) is 0 Å². The summed E-state index contributed by atoms with van der Waals surface area (Å²) in [4.78, 5) is 13.4. The maximum absolute atomic E-state index is 13.4. The summed E-state index contributed by atoms with van der Waals surface area (Å²) in [5.74, 6) is -0.0543. The Morgan fingerprint density at radius 2 is 1.26 bits per heavy atom. The third kappa shape index (κ3) is 7.82. The van der Waals surface area contributed by atoms with Gasteiger partial charge in [0, 0.05) is 12.1 Å². The number of Topliss-reactive ketones (excluding diaryl/α,β-unsaturated/α-hetero) is 1. The number of aliphatic hydroxyl groups is 10. The number of fused-ring (bicyclic) bond motifs is 1. The van der Waals surface area contributed by atoms with Gasteiger partial charge in [-0.25, -0.2) is 0 Å². The smallest absolute Gasteiger partial charge is 0.229 e. The van der Waals surface area contributed by atoms with E-state index in [0.29, 0.717) is 5.56 Å². The minimum Gasteiger partial charge on any atom is -0.496 e. The van der Waals surface area contributed by atoms with Gasteiger partial charge >= 0.3 is 0 Å². The fourth-order valence-corrected chi connectivity index (χ4v) is 6.58. The quantitative estimate of drug-likeness (QED) is 0.113. The number of ether oxygens (including phenoxy) is 8. The summed E-state index contributed by atoms with van der Waals surface area (Å²) in [7, 11) is 1.32. The molecule has 0 saturated carbocycles. The van der Waals surface area contributed by atoms with Gasteiger partial charge < -0.3 is 89.0 Å². The molecule has 2 aromatic rings. The normalized spacial score (nSPS) is 40.2. The van der Waals surface area contributed by atoms with Crippen molar-refractivity contribution in [1.29, 1.82) is 0 Å². The second kappa shape index (κ2) is 16.2. The molecule has 10 N–H and O–H groups in total. The number of carbonyl (C=O) groups excluding carboxylic acids is 1. The van der Waals surface area contributed by atoms with Crippen molar-refractivity contribution in [1.82, 2.24) is 0 Å². The highest BCUT2D eigenvalue weighted by atomic mass is 16.8. The maximum Gasteiger partial charge on any atom is 0.229 e. The van der Waals surface area contributed by atoms with Crippen LogP contribution in [0.4, 0.5) is 0 Å². The van der Waals surface area contributed by atoms with Crippen molar-refractivity contribution >= 4 is 5.78 Å². The number of benzene rings is 2. The molecule has 0 aliphatic carbocycles. The second-order valence-corrected chi connectivity index (χ2v) is 13.2. The maximum atomic E-state index is 13.4. The van der Waals surface area contributed by atoms with Crippen LogP contribution in [0.2, 0.25) is 0 Å². The zero-order valence-electron chi connectivity index (χ0n) is 28.5. The minimum atomic E-state index is -1.77. The molecule has 4 aliphatic rings. The van der Waals surface area contributed by atoms with E-state index < -0.39 is 111 Å². The van der Waals surface area contributed by atoms with Crippen LogP contribution in [0.15, 0.2) is 36.4 Å². The van der Waals surface area contributed by atoms with Crippen molar-refractivity contribution in [2.45, 2.75) is 112 Å². The van der Waals surface area contributed by atoms with Crippen LogP contribution in [0.5, 0.6) is 23.0 Å². The molecule has 2 aromatic carbocycles. The molecule has 294 valence electrons. The van der Waals surface area contributed by atoms with Crippen LogP contribution in [0.1, 0.15) is 35.4 Å². The molecule has 6 rings (SSSR count). The van der Waals surface area contributed by atoms with Gasteiger partial charge in [-0.1, -0.05) is 12.1 Å². The van der Waals surface area contributed by atoms with Gasteiger partial charge in [-0.3, -0.25) is 4.79 Å². The number of ketones is 1. The van der Waals surface area contributed by atoms with E-state index in [0.717, 1.165) is 0 Å². The van der Waals surface area contributed by atoms with Crippen LogP contribution >= 0.6 is 0 Å². The summed E-state index contributed by atoms with van der Waals surface area (Å²) in [5, 5.41) is 102. The molecule has 53 heavy (non-hydrogen) atoms. The van der Waals surface area contributed by atoms with E-state index in [9.17, 15) is 55.9 Å². The summed E-state index contributed by atoms with van der Waals surface area (Å²) in [6.07, 6.45) is -23.7. The summed E-state index contributed by atoms with van der Waals surface area (Å²) in [5.41, 5.74) is 0.648. The Morgan fingerprint density at radius 1 is 0.679 bits per heavy atom. The monoisotopic (exact) mass is 756 g/mol. The van der Waals surface area contributed by atoms with Crippen LogP contribution in [0.25, 0.3) is 0 Å². The van der Waals surface area contributed by atoms with Gasteiger partial charge in [0.2, 0.25) is 12.6 Å². The molecule has 16 unspecified atom stereocenters. The molecule has 0 radical (unpaired) electrons. The highest BCUT2D eigenvalue weighted by molar-refractivity contribution is 6.02. The molecule has 4 aliphatic heterocycles. The topological polar surface area (TPSA) is 293 Å². The molecular formula is C34H44O19. The van der Waals surface area contributed by atoms with Crippen LogP contribution in [-0.2, 0) is 18.9 Å². The lowest BCUT2D eigenvalue weighted by Gasteiger charge is -2.45. The molecule has 19 heteroatoms. The molecule has 0 aromatic heterocycles. The van der Waals surface area contributed by atoms with E-state index in [1.54, 1.807) is 12.1 Å². The lowest BCUT2D eigenvalue weighted by molar-refractivity contribution is -0.354. The Balaban J connectivity index is 1.21. The van der Waals surface area contributed by atoms with E-state index in [-0.39, 0.29) is 40.8 Å². The first-order chi connectivity index (χ1) is 25.3. The Morgan fingerprint density at radius 3 is 1.91 bits per heavy atom. The average Bonchev–Trinajstić information content (AvgIpc) is 3.15. The summed E-state index contributed by atoms with van der Waals surface area (Å²) < 4.78 is 45.8. The molecule has 3 saturated heterocycles. The molecule has 0 amide bonds. The number of aliphatic hydroxyl groups excluding tert-OH is 10. The first-order valence-electron chi connectivity index (χ1n) is 16.9. The van der Waals surface area contributed by atoms with Gasteiger partial charge in [0.05, 0.1) is 32.8 Å². The zero-order valence-corrected chi connectivity index (χ0v) is 28.5. The van der Waals surface area contributed by atoms with Gasteiger partial charge in [-0.15, -0.1) is 0 Å². The molecule has 4 heterocycles. The predicted molar refractivity (Wildman–Crippen MR) is 172 cm³/mol. The first-order valence-corrected chi connectivity index (χ1v) is 16.9. The van der Waals surface area contributed by atoms with Crippen molar-refractivity contribution in [2.24, 2.45) is 0 Å². The number of rotatable bonds is 10. The fraction of sp³-hybridized carbons (Fsp3) is 0.618. The summed E-state index contributed by atoms with van der Waals surface area (Å²) in [6, 6.07) is 8.91. The molecular weight excluding hydrogens is 712 g/mol. The number of hydrogen-bond acceptors (Lipinski definition) is 19. The van der Waals surface area contributed by atoms with Gasteiger partial charge in [-0.2, -0.15) is 0 Å². The van der Waals surface area contributed by atoms with Crippen molar-refractivity contribution in [3.8, 4) is 23.0 Å². The Hall–Kier alpha value is -3.25. The summed E-state index contributed by atoms with van der Waals surface area (Å²) >= 11 is 0. The van der Waals surface area contributed by atoms with Crippen molar-refractivity contribution in [3.05, 3.63) is 47.5 Å². The first kappa shape index (κ1) is 39.4. The number of hydrogen-bond donors (Lipinski definition) is 10. The third-order valence-corrected chi connectivity index (χ3v) is 9.71. The molecule has 3 fully saturated rings. The largest absolute Gasteiger partial charge is 0.496 e. The standard InChI is InChI=1S/C34H44O19/c1-12-23(38)26(41)29(44)32(47-12)53-31-28(43)25(40)21(11-36)52-34(31)49-15-7-18(46-2)22-16(37)9-17(50-19(22)8-15)13-3-5-14(6-4-13)48-33-30(45)27(42)24(39)20(10-35)51-33/h3-8,12,17,20-21,23-36,38-45H,9-11H2,1-2H3. The number of carbonyl (C=O) groups is 1. The van der Waals surface area contributed by atoms with Gasteiger partial charge in [0.15, 0.2) is 18.2 Å². The van der Waals surface area contributed by atoms with E-state index >= 15 is 0 Å². The predicted octanol–water partition coefficient (Wildman–Crippen LogP) is -3.39. The van der Waals surface area contributed by atoms with E-state index in [4.69, 9.17) is 37.9 Å². The SMILES string of the molecule is COc1cc(OC2OC(CO)C(O)C(O)C2OC2OC(C)C(O)C(O)C2O)cc2c1C(=O)CC(c1ccc(OC3OC(CO)C(O)C(O)C3O)cc1)O2. The second-order valence-electron chi connectivity index (χ2n) is 13.2. The van der Waals surface area contributed by atoms with Crippen LogP contribution in [-0.4, -0.2) is 169 Å². The van der Waals surface area contributed by atoms with E-state index in [1.807, 2.05) is 0 Å². The van der Waals surface area contributed by atoms with Crippen molar-refractivity contribution in [3.63, 3.8) is 0 Å². The third-order valence-electron chi connectivity index (χ3n) is 9.71. The molecule has 19 nitrogen and oxygen atoms in total. The van der Waals surface area contributed by atoms with Gasteiger partial charge in [0.1, 0.15) is 95.7 Å². The Labute approximate surface area is 302 Å². The average molecular weight is 757 g/mol. The summed E-state index contributed by atoms with van der Waals surface area (Å²) in [6.45, 7) is 0.0746. The highest BCUT2D eigenvalue weighted by Gasteiger charge is 2.51. The Kier molecular flexibility index (Phi) is 12.1. The zero-order chi connectivity index (χ0) is 38.3. The minimum absolute atomic E-state index is 0.0230. The van der Waals surface area contributed by atoms with Crippen LogP contribution < -0.4 is 18.9 Å². The van der Waals surface area contributed by atoms with Crippen molar-refractivity contribution in [2.75, 3.05) is 20.3 Å². The molecule has 16 atom stereocenters. The Bertz CT molecular complexity index is 1560. The molecule has 0 spiro atoms. The lowest BCUT2D eigenvalue weighted by atomic mass is 9.95. The van der Waals surface area contributed by atoms with Crippen molar-refractivity contribution < 1.29 is 93.8 Å². The molecule has 0 bridgehead atoms. The van der Waals surface area contributed by atoms with E-state index in [2.05, 4.69) is 0 Å². The van der Waals surface area contributed by atoms with E-state index in [1.165, 1.54) is 38.3 Å². The van der Waals surface area contributed by atoms with Gasteiger partial charge in [-0.05, 0) is 24.6 Å². The fourth-order valence-electron chi connectivity index (χ4n) is 6.58. The van der Waals surface area contributed by atoms with Crippen LogP contribution in [0.3, 0.4) is 0 Å². The van der Waals surface area contributed by atoms with Gasteiger partial charge in [0.25, 0.3) is 0 Å².